The molecule has 26 heavy (non-hydrogen) atoms. The molecule has 2 N–H and O–H groups in total. The molecule has 0 radical (unpaired) electrons. The molecule has 0 aromatic carbocycles. The molecule has 2 amide bonds. The Hall–Kier alpha value is -2.15. The molecule has 3 heterocycles. The lowest BCUT2D eigenvalue weighted by Gasteiger charge is -2.36. The van der Waals surface area contributed by atoms with E-state index in [2.05, 4.69) is 10.3 Å². The zero-order chi connectivity index (χ0) is 18.1. The minimum absolute atomic E-state index is 0.0342. The van der Waals surface area contributed by atoms with Gasteiger partial charge in [0.15, 0.2) is 0 Å². The van der Waals surface area contributed by atoms with Gasteiger partial charge in [-0.1, -0.05) is 0 Å². The van der Waals surface area contributed by atoms with Crippen molar-refractivity contribution in [1.29, 1.82) is 0 Å². The van der Waals surface area contributed by atoms with Crippen LogP contribution in [0.5, 0.6) is 0 Å². The number of amides is 2. The van der Waals surface area contributed by atoms with Crippen molar-refractivity contribution in [3.63, 3.8) is 0 Å². The van der Waals surface area contributed by atoms with Crippen LogP contribution in [0.25, 0.3) is 0 Å². The van der Waals surface area contributed by atoms with E-state index in [0.29, 0.717) is 36.8 Å². The summed E-state index contributed by atoms with van der Waals surface area (Å²) in [5, 5.41) is 12.3. The Morgan fingerprint density at radius 2 is 2.15 bits per heavy atom. The summed E-state index contributed by atoms with van der Waals surface area (Å²) in [4.78, 5) is 33.5. The van der Waals surface area contributed by atoms with Gasteiger partial charge in [-0.15, -0.1) is 0 Å². The number of hydrogen-bond donors (Lipinski definition) is 2. The number of aliphatic hydroxyl groups excluding tert-OH is 1. The fraction of sp³-hybridized carbons (Fsp3) is 0.632. The molecule has 2 fully saturated rings. The molecular weight excluding hydrogens is 332 g/mol. The molecule has 1 saturated heterocycles. The molecule has 0 spiro atoms. The minimum atomic E-state index is -0.0529. The number of rotatable bonds is 5. The predicted molar refractivity (Wildman–Crippen MR) is 98.2 cm³/mol. The Morgan fingerprint density at radius 3 is 2.92 bits per heavy atom. The van der Waals surface area contributed by atoms with Crippen molar-refractivity contribution < 1.29 is 14.7 Å². The Labute approximate surface area is 153 Å². The lowest BCUT2D eigenvalue weighted by atomic mass is 9.98. The quantitative estimate of drug-likeness (QED) is 0.835. The molecule has 1 saturated carbocycles. The zero-order valence-electron chi connectivity index (χ0n) is 15.0. The van der Waals surface area contributed by atoms with Gasteiger partial charge in [-0.05, 0) is 50.5 Å². The fourth-order valence-corrected chi connectivity index (χ4v) is 3.94. The van der Waals surface area contributed by atoms with Crippen LogP contribution < -0.4 is 10.2 Å². The molecule has 1 aromatic rings. The first-order valence-electron chi connectivity index (χ1n) is 9.63. The molecule has 1 atom stereocenters. The minimum Gasteiger partial charge on any atom is -0.396 e. The Bertz CT molecular complexity index is 702. The monoisotopic (exact) mass is 358 g/mol. The number of carbonyl (C=O) groups excluding carboxylic acids is 2. The maximum absolute atomic E-state index is 13.1. The van der Waals surface area contributed by atoms with Crippen molar-refractivity contribution in [1.82, 2.24) is 9.88 Å². The molecule has 140 valence electrons. The highest BCUT2D eigenvalue weighted by molar-refractivity contribution is 6.04. The molecule has 1 aromatic heterocycles. The first-order valence-corrected chi connectivity index (χ1v) is 9.63. The summed E-state index contributed by atoms with van der Waals surface area (Å²) in [5.41, 5.74) is 1.24. The fourth-order valence-electron chi connectivity index (χ4n) is 3.94. The van der Waals surface area contributed by atoms with Gasteiger partial charge in [0.1, 0.15) is 5.82 Å². The maximum atomic E-state index is 13.1. The predicted octanol–water partition coefficient (Wildman–Crippen LogP) is 1.63. The number of hydrogen-bond acceptors (Lipinski definition) is 5. The maximum Gasteiger partial charge on any atom is 0.255 e. The smallest absolute Gasteiger partial charge is 0.255 e. The third kappa shape index (κ3) is 3.40. The number of aliphatic hydroxyl groups is 1. The molecule has 7 nitrogen and oxygen atoms in total. The number of fused-ring (bicyclic) bond motifs is 1. The molecule has 1 unspecified atom stereocenters. The van der Waals surface area contributed by atoms with Crippen molar-refractivity contribution in [3.8, 4) is 0 Å². The van der Waals surface area contributed by atoms with Crippen molar-refractivity contribution in [3.05, 3.63) is 17.8 Å². The van der Waals surface area contributed by atoms with Crippen LogP contribution in [0.1, 0.15) is 48.9 Å². The van der Waals surface area contributed by atoms with Crippen LogP contribution in [0.3, 0.4) is 0 Å². The average molecular weight is 358 g/mol. The van der Waals surface area contributed by atoms with Gasteiger partial charge in [0.25, 0.3) is 5.91 Å². The van der Waals surface area contributed by atoms with Crippen LogP contribution in [0, 0.1) is 5.92 Å². The molecule has 3 aliphatic rings. The van der Waals surface area contributed by atoms with E-state index in [0.717, 1.165) is 37.8 Å². The Morgan fingerprint density at radius 1 is 1.31 bits per heavy atom. The van der Waals surface area contributed by atoms with Crippen LogP contribution >= 0.6 is 0 Å². The Kier molecular flexibility index (Phi) is 4.80. The third-order valence-electron chi connectivity index (χ3n) is 5.60. The SMILES string of the molecule is O=C1CNc2ncc(C(=O)N3CCCCC3CCO)cc2N1CC1CC1. The zero-order valence-corrected chi connectivity index (χ0v) is 15.0. The highest BCUT2D eigenvalue weighted by atomic mass is 16.3. The van der Waals surface area contributed by atoms with E-state index in [4.69, 9.17) is 0 Å². The van der Waals surface area contributed by atoms with E-state index >= 15 is 0 Å². The van der Waals surface area contributed by atoms with Crippen molar-refractivity contribution >= 4 is 23.3 Å². The first-order chi connectivity index (χ1) is 12.7. The number of likely N-dealkylation sites (tertiary alicyclic amines) is 1. The second kappa shape index (κ2) is 7.23. The number of aromatic nitrogens is 1. The molecular formula is C19H26N4O3. The number of anilines is 2. The van der Waals surface area contributed by atoms with E-state index < -0.39 is 0 Å². The van der Waals surface area contributed by atoms with Crippen molar-refractivity contribution in [2.75, 3.05) is 36.5 Å². The summed E-state index contributed by atoms with van der Waals surface area (Å²) < 4.78 is 0. The van der Waals surface area contributed by atoms with Gasteiger partial charge >= 0.3 is 0 Å². The molecule has 0 bridgehead atoms. The summed E-state index contributed by atoms with van der Waals surface area (Å²) in [7, 11) is 0. The van der Waals surface area contributed by atoms with E-state index in [1.807, 2.05) is 11.0 Å². The normalized spacial score (nSPS) is 22.8. The van der Waals surface area contributed by atoms with E-state index in [1.165, 1.54) is 0 Å². The van der Waals surface area contributed by atoms with E-state index in [-0.39, 0.29) is 31.0 Å². The van der Waals surface area contributed by atoms with Crippen LogP contribution in [0.2, 0.25) is 0 Å². The van der Waals surface area contributed by atoms with E-state index in [1.54, 1.807) is 11.1 Å². The highest BCUT2D eigenvalue weighted by Gasteiger charge is 2.33. The summed E-state index contributed by atoms with van der Waals surface area (Å²) in [5.74, 6) is 1.22. The van der Waals surface area contributed by atoms with Gasteiger partial charge < -0.3 is 20.2 Å². The topological polar surface area (TPSA) is 85.8 Å². The average Bonchev–Trinajstić information content (AvgIpc) is 3.48. The van der Waals surface area contributed by atoms with Gasteiger partial charge in [-0.25, -0.2) is 4.98 Å². The molecule has 4 rings (SSSR count). The van der Waals surface area contributed by atoms with Crippen LogP contribution in [0.15, 0.2) is 12.3 Å². The van der Waals surface area contributed by atoms with Crippen molar-refractivity contribution in [2.45, 2.75) is 44.6 Å². The number of pyridine rings is 1. The van der Waals surface area contributed by atoms with Crippen molar-refractivity contribution in [2.24, 2.45) is 5.92 Å². The van der Waals surface area contributed by atoms with Gasteiger partial charge in [-0.3, -0.25) is 9.59 Å². The first kappa shape index (κ1) is 17.3. The lowest BCUT2D eigenvalue weighted by Crippen LogP contribution is -2.45. The second-order valence-electron chi connectivity index (χ2n) is 7.55. The largest absolute Gasteiger partial charge is 0.396 e. The Balaban J connectivity index is 1.59. The van der Waals surface area contributed by atoms with Crippen LogP contribution in [0.4, 0.5) is 11.5 Å². The molecule has 1 aliphatic carbocycles. The number of piperidine rings is 1. The number of carbonyl (C=O) groups is 2. The molecule has 7 heteroatoms. The van der Waals surface area contributed by atoms with E-state index in [9.17, 15) is 14.7 Å². The summed E-state index contributed by atoms with van der Waals surface area (Å²) in [6.45, 7) is 1.77. The van der Waals surface area contributed by atoms with Gasteiger partial charge in [0, 0.05) is 31.9 Å². The second-order valence-corrected chi connectivity index (χ2v) is 7.55. The van der Waals surface area contributed by atoms with Crippen LogP contribution in [-0.4, -0.2) is 59.1 Å². The highest BCUT2D eigenvalue weighted by Crippen LogP contribution is 2.35. The van der Waals surface area contributed by atoms with Gasteiger partial charge in [0.05, 0.1) is 17.8 Å². The van der Waals surface area contributed by atoms with Crippen LogP contribution in [-0.2, 0) is 4.79 Å². The number of nitrogens with one attached hydrogen (secondary N) is 1. The molecule has 2 aliphatic heterocycles. The summed E-state index contributed by atoms with van der Waals surface area (Å²) in [6.07, 6.45) is 7.54. The summed E-state index contributed by atoms with van der Waals surface area (Å²) in [6, 6.07) is 1.89. The standard InChI is InChI=1S/C19H26N4O3/c24-8-6-15-3-1-2-7-22(15)19(26)14-9-16-18(20-10-14)21-11-17(25)23(16)12-13-4-5-13/h9-10,13,15,24H,1-8,11-12H2,(H,20,21). The number of nitrogens with zero attached hydrogens (tertiary/aromatic N) is 3. The summed E-state index contributed by atoms with van der Waals surface area (Å²) >= 11 is 0. The third-order valence-corrected chi connectivity index (χ3v) is 5.60. The van der Waals surface area contributed by atoms with Gasteiger partial charge in [-0.2, -0.15) is 0 Å². The lowest BCUT2D eigenvalue weighted by molar-refractivity contribution is -0.117. The van der Waals surface area contributed by atoms with Gasteiger partial charge in [0.2, 0.25) is 5.91 Å².